The number of hydrogen-bond acceptors (Lipinski definition) is 9. The summed E-state index contributed by atoms with van der Waals surface area (Å²) in [5.74, 6) is 2.22. The predicted molar refractivity (Wildman–Crippen MR) is 175 cm³/mol. The number of nitrogens with one attached hydrogen (secondary N) is 1. The number of nitrogens with zero attached hydrogens (tertiary/aromatic N) is 7. The molecule has 0 amide bonds. The van der Waals surface area contributed by atoms with Crippen LogP contribution in [0.1, 0.15) is 48.6 Å². The Morgan fingerprint density at radius 3 is 2.49 bits per heavy atom. The van der Waals surface area contributed by atoms with E-state index in [1.807, 2.05) is 43.5 Å². The average molecular weight is 641 g/mol. The van der Waals surface area contributed by atoms with Gasteiger partial charge in [0, 0.05) is 54.7 Å². The van der Waals surface area contributed by atoms with Gasteiger partial charge >= 0.3 is 0 Å². The van der Waals surface area contributed by atoms with Gasteiger partial charge in [-0.15, -0.1) is 0 Å². The number of halogens is 2. The fourth-order valence-corrected chi connectivity index (χ4v) is 6.26. The molecule has 2 fully saturated rings. The van der Waals surface area contributed by atoms with E-state index in [4.69, 9.17) is 24.5 Å². The molecule has 1 saturated carbocycles. The molecule has 2 aliphatic rings. The van der Waals surface area contributed by atoms with Crippen LogP contribution in [0.25, 0.3) is 22.4 Å². The van der Waals surface area contributed by atoms with Crippen LogP contribution in [0.4, 0.5) is 20.4 Å². The molecule has 244 valence electrons. The molecule has 1 saturated heterocycles. The second-order valence-corrected chi connectivity index (χ2v) is 12.4. The Morgan fingerprint density at radius 1 is 0.957 bits per heavy atom. The maximum absolute atomic E-state index is 15.2. The molecule has 10 nitrogen and oxygen atoms in total. The lowest BCUT2D eigenvalue weighted by atomic mass is 9.90. The molecular formula is C35H38F2N8O2. The third-order valence-corrected chi connectivity index (χ3v) is 8.93. The highest BCUT2D eigenvalue weighted by atomic mass is 19.1. The molecule has 12 heteroatoms. The van der Waals surface area contributed by atoms with Crippen LogP contribution in [0.5, 0.6) is 5.75 Å². The predicted octanol–water partition coefficient (Wildman–Crippen LogP) is 6.28. The van der Waals surface area contributed by atoms with Crippen LogP contribution in [0.3, 0.4) is 0 Å². The van der Waals surface area contributed by atoms with Crippen molar-refractivity contribution < 1.29 is 18.3 Å². The third kappa shape index (κ3) is 7.08. The highest BCUT2D eigenvalue weighted by molar-refractivity contribution is 5.92. The van der Waals surface area contributed by atoms with Gasteiger partial charge in [0.25, 0.3) is 0 Å². The van der Waals surface area contributed by atoms with E-state index in [1.165, 1.54) is 38.6 Å². The van der Waals surface area contributed by atoms with E-state index in [1.54, 1.807) is 10.9 Å². The average Bonchev–Trinajstić information content (AvgIpc) is 3.81. The monoisotopic (exact) mass is 640 g/mol. The van der Waals surface area contributed by atoms with Crippen molar-refractivity contribution in [1.29, 1.82) is 0 Å². The Hall–Kier alpha value is -4.55. The van der Waals surface area contributed by atoms with Crippen LogP contribution in [-0.4, -0.2) is 74.6 Å². The summed E-state index contributed by atoms with van der Waals surface area (Å²) in [4.78, 5) is 21.2. The number of aromatic nitrogens is 6. The molecule has 2 aromatic carbocycles. The van der Waals surface area contributed by atoms with Gasteiger partial charge in [-0.3, -0.25) is 4.68 Å². The Labute approximate surface area is 272 Å². The number of likely N-dealkylation sites (tertiary alicyclic amines) is 1. The number of methoxy groups -OCH3 is 1. The number of benzene rings is 2. The SMILES string of the molecule is COCCOc1cc(F)c(Cn2nc(-c3ncc(C4CCN(CC5CC5)CC4)c(Nc4ccnc(C)n4)n3)c3ccccc32)c(F)c1. The van der Waals surface area contributed by atoms with Crippen molar-refractivity contribution in [2.75, 3.05) is 45.3 Å². The molecule has 0 unspecified atom stereocenters. The number of hydrogen-bond donors (Lipinski definition) is 1. The Kier molecular flexibility index (Phi) is 9.03. The summed E-state index contributed by atoms with van der Waals surface area (Å²) in [5, 5.41) is 9.03. The van der Waals surface area contributed by atoms with Crippen molar-refractivity contribution in [2.24, 2.45) is 5.92 Å². The minimum atomic E-state index is -0.714. The summed E-state index contributed by atoms with van der Waals surface area (Å²) >= 11 is 0. The molecule has 0 bridgehead atoms. The lowest BCUT2D eigenvalue weighted by molar-refractivity contribution is 0.146. The van der Waals surface area contributed by atoms with Gasteiger partial charge in [0.15, 0.2) is 5.82 Å². The molecule has 5 aromatic rings. The largest absolute Gasteiger partial charge is 0.491 e. The summed E-state index contributed by atoms with van der Waals surface area (Å²) < 4.78 is 42.4. The standard InChI is InChI=1S/C35H38F2N8O2/c1-22-38-12-9-32(40-22)41-34-27(24-10-13-44(14-11-24)20-23-7-8-23)19-39-35(42-34)33-26-5-3-4-6-31(26)45(43-33)21-28-29(36)17-25(18-30(28)37)47-16-15-46-2/h3-6,9,12,17-19,23-24H,7-8,10-11,13-16,20-21H2,1-2H3,(H,38,39,40,41,42). The van der Waals surface area contributed by atoms with E-state index in [-0.39, 0.29) is 24.5 Å². The molecule has 0 radical (unpaired) electrons. The fourth-order valence-electron chi connectivity index (χ4n) is 6.26. The highest BCUT2D eigenvalue weighted by Gasteiger charge is 2.29. The van der Waals surface area contributed by atoms with E-state index in [9.17, 15) is 0 Å². The first-order valence-corrected chi connectivity index (χ1v) is 16.2. The summed E-state index contributed by atoms with van der Waals surface area (Å²) in [7, 11) is 1.53. The van der Waals surface area contributed by atoms with Gasteiger partial charge in [0.05, 0.1) is 18.7 Å². The molecule has 4 heterocycles. The van der Waals surface area contributed by atoms with E-state index in [2.05, 4.69) is 20.2 Å². The van der Waals surface area contributed by atoms with Crippen molar-refractivity contribution >= 4 is 22.5 Å². The normalized spacial score (nSPS) is 15.7. The first-order valence-electron chi connectivity index (χ1n) is 16.2. The van der Waals surface area contributed by atoms with Gasteiger partial charge in [-0.1, -0.05) is 18.2 Å². The number of para-hydroxylation sites is 1. The first kappa shape index (κ1) is 31.1. The molecule has 3 aromatic heterocycles. The van der Waals surface area contributed by atoms with E-state index < -0.39 is 11.6 Å². The highest BCUT2D eigenvalue weighted by Crippen LogP contribution is 2.37. The molecule has 1 N–H and O–H groups in total. The van der Waals surface area contributed by atoms with Crippen molar-refractivity contribution in [3.8, 4) is 17.3 Å². The van der Waals surface area contributed by atoms with Gasteiger partial charge < -0.3 is 19.7 Å². The molecule has 1 aliphatic heterocycles. The van der Waals surface area contributed by atoms with Gasteiger partial charge in [-0.05, 0) is 69.7 Å². The zero-order valence-corrected chi connectivity index (χ0v) is 26.6. The first-order chi connectivity index (χ1) is 22.9. The van der Waals surface area contributed by atoms with Gasteiger partial charge in [0.2, 0.25) is 0 Å². The second kappa shape index (κ2) is 13.7. The number of piperidine rings is 1. The van der Waals surface area contributed by atoms with Crippen LogP contribution in [0.2, 0.25) is 0 Å². The van der Waals surface area contributed by atoms with Gasteiger partial charge in [-0.2, -0.15) is 5.10 Å². The molecule has 7 rings (SSSR count). The Morgan fingerprint density at radius 2 is 1.74 bits per heavy atom. The maximum Gasteiger partial charge on any atom is 0.182 e. The van der Waals surface area contributed by atoms with Crippen LogP contribution in [0, 0.1) is 24.5 Å². The molecular weight excluding hydrogens is 602 g/mol. The lowest BCUT2D eigenvalue weighted by Gasteiger charge is -2.32. The fraction of sp³-hybridized carbons (Fsp3) is 0.400. The molecule has 1 aliphatic carbocycles. The van der Waals surface area contributed by atoms with E-state index in [0.29, 0.717) is 47.0 Å². The zero-order valence-electron chi connectivity index (χ0n) is 26.6. The van der Waals surface area contributed by atoms with Crippen molar-refractivity contribution in [2.45, 2.75) is 45.1 Å². The quantitative estimate of drug-likeness (QED) is 0.158. The van der Waals surface area contributed by atoms with Crippen molar-refractivity contribution in [1.82, 2.24) is 34.6 Å². The number of anilines is 2. The van der Waals surface area contributed by atoms with Crippen molar-refractivity contribution in [3.05, 3.63) is 83.4 Å². The molecule has 0 atom stereocenters. The Bertz CT molecular complexity index is 1850. The van der Waals surface area contributed by atoms with Crippen LogP contribution in [-0.2, 0) is 11.3 Å². The number of aryl methyl sites for hydroxylation is 1. The maximum atomic E-state index is 15.2. The van der Waals surface area contributed by atoms with Crippen LogP contribution >= 0.6 is 0 Å². The topological polar surface area (TPSA) is 103 Å². The van der Waals surface area contributed by atoms with Crippen molar-refractivity contribution in [3.63, 3.8) is 0 Å². The molecule has 0 spiro atoms. The second-order valence-electron chi connectivity index (χ2n) is 12.4. The minimum Gasteiger partial charge on any atom is -0.491 e. The summed E-state index contributed by atoms with van der Waals surface area (Å²) in [6.07, 6.45) is 8.37. The summed E-state index contributed by atoms with van der Waals surface area (Å²) in [5.41, 5.74) is 2.15. The van der Waals surface area contributed by atoms with Crippen LogP contribution in [0.15, 0.2) is 54.9 Å². The molecule has 47 heavy (non-hydrogen) atoms. The summed E-state index contributed by atoms with van der Waals surface area (Å²) in [6.45, 7) is 5.52. The minimum absolute atomic E-state index is 0.104. The van der Waals surface area contributed by atoms with Gasteiger partial charge in [0.1, 0.15) is 47.1 Å². The van der Waals surface area contributed by atoms with Crippen LogP contribution < -0.4 is 10.1 Å². The Balaban J connectivity index is 1.21. The number of rotatable bonds is 12. The van der Waals surface area contributed by atoms with E-state index in [0.717, 1.165) is 42.8 Å². The number of ether oxygens (including phenoxy) is 2. The smallest absolute Gasteiger partial charge is 0.182 e. The lowest BCUT2D eigenvalue weighted by Crippen LogP contribution is -2.34. The zero-order chi connectivity index (χ0) is 32.3. The number of fused-ring (bicyclic) bond motifs is 1. The third-order valence-electron chi connectivity index (χ3n) is 8.93. The van der Waals surface area contributed by atoms with Gasteiger partial charge in [-0.25, -0.2) is 28.7 Å². The summed E-state index contributed by atoms with van der Waals surface area (Å²) in [6, 6.07) is 11.7. The van der Waals surface area contributed by atoms with E-state index >= 15 is 8.78 Å².